The third-order valence-electron chi connectivity index (χ3n) is 2.76. The van der Waals surface area contributed by atoms with Gasteiger partial charge in [0.2, 0.25) is 0 Å². The average Bonchev–Trinajstić information content (AvgIpc) is 2.48. The molecule has 2 rings (SSSR count). The van der Waals surface area contributed by atoms with Gasteiger partial charge in [-0.2, -0.15) is 0 Å². The standard InChI is InChI=1S/C7H15N3/c1-10-5-4-9-7(10)2-3-8-6-7/h8-9H,2-6H2,1H3. The molecule has 0 bridgehead atoms. The highest BCUT2D eigenvalue weighted by atomic mass is 15.4. The molecule has 2 aliphatic rings. The zero-order chi connectivity index (χ0) is 7.03. The van der Waals surface area contributed by atoms with E-state index in [0.29, 0.717) is 5.66 Å². The third kappa shape index (κ3) is 0.779. The van der Waals surface area contributed by atoms with Crippen molar-refractivity contribution < 1.29 is 0 Å². The highest BCUT2D eigenvalue weighted by Gasteiger charge is 2.40. The fourth-order valence-electron chi connectivity index (χ4n) is 1.96. The molecule has 1 atom stereocenters. The Labute approximate surface area is 61.8 Å². The van der Waals surface area contributed by atoms with E-state index in [1.54, 1.807) is 0 Å². The summed E-state index contributed by atoms with van der Waals surface area (Å²) in [6, 6.07) is 0. The smallest absolute Gasteiger partial charge is 0.0851 e. The van der Waals surface area contributed by atoms with Crippen LogP contribution in [0.5, 0.6) is 0 Å². The maximum absolute atomic E-state index is 3.55. The van der Waals surface area contributed by atoms with Gasteiger partial charge in [0, 0.05) is 19.6 Å². The van der Waals surface area contributed by atoms with E-state index in [-0.39, 0.29) is 0 Å². The minimum absolute atomic E-state index is 0.319. The molecular weight excluding hydrogens is 126 g/mol. The summed E-state index contributed by atoms with van der Waals surface area (Å²) in [7, 11) is 2.20. The van der Waals surface area contributed by atoms with E-state index in [1.807, 2.05) is 0 Å². The summed E-state index contributed by atoms with van der Waals surface area (Å²) in [6.45, 7) is 4.63. The molecule has 10 heavy (non-hydrogen) atoms. The van der Waals surface area contributed by atoms with Crippen molar-refractivity contribution in [3.05, 3.63) is 0 Å². The van der Waals surface area contributed by atoms with Crippen LogP contribution in [0.4, 0.5) is 0 Å². The summed E-state index contributed by atoms with van der Waals surface area (Å²) < 4.78 is 0. The van der Waals surface area contributed by atoms with Crippen LogP contribution in [-0.4, -0.2) is 43.8 Å². The van der Waals surface area contributed by atoms with E-state index in [2.05, 4.69) is 22.6 Å². The third-order valence-corrected chi connectivity index (χ3v) is 2.76. The van der Waals surface area contributed by atoms with Crippen molar-refractivity contribution >= 4 is 0 Å². The molecular formula is C7H15N3. The zero-order valence-corrected chi connectivity index (χ0v) is 6.48. The first-order valence-electron chi connectivity index (χ1n) is 4.00. The van der Waals surface area contributed by atoms with Gasteiger partial charge in [-0.1, -0.05) is 0 Å². The van der Waals surface area contributed by atoms with Crippen molar-refractivity contribution in [2.45, 2.75) is 12.1 Å². The summed E-state index contributed by atoms with van der Waals surface area (Å²) in [5, 5.41) is 6.93. The summed E-state index contributed by atoms with van der Waals surface area (Å²) in [5.74, 6) is 0. The first-order valence-corrected chi connectivity index (χ1v) is 4.00. The van der Waals surface area contributed by atoms with Crippen LogP contribution in [0.3, 0.4) is 0 Å². The van der Waals surface area contributed by atoms with Crippen LogP contribution >= 0.6 is 0 Å². The molecule has 1 spiro atoms. The average molecular weight is 141 g/mol. The van der Waals surface area contributed by atoms with Crippen molar-refractivity contribution in [2.24, 2.45) is 0 Å². The Morgan fingerprint density at radius 1 is 1.40 bits per heavy atom. The second kappa shape index (κ2) is 2.19. The number of rotatable bonds is 0. The maximum Gasteiger partial charge on any atom is 0.0851 e. The Balaban J connectivity index is 2.11. The van der Waals surface area contributed by atoms with Crippen LogP contribution in [0.2, 0.25) is 0 Å². The van der Waals surface area contributed by atoms with Crippen molar-refractivity contribution in [3.8, 4) is 0 Å². The lowest BCUT2D eigenvalue weighted by molar-refractivity contribution is 0.174. The molecule has 0 amide bonds. The molecule has 3 nitrogen and oxygen atoms in total. The number of hydrogen-bond donors (Lipinski definition) is 2. The topological polar surface area (TPSA) is 27.3 Å². The summed E-state index contributed by atoms with van der Waals surface area (Å²) >= 11 is 0. The van der Waals surface area contributed by atoms with E-state index in [1.165, 1.54) is 13.0 Å². The van der Waals surface area contributed by atoms with Gasteiger partial charge in [-0.15, -0.1) is 0 Å². The van der Waals surface area contributed by atoms with Gasteiger partial charge in [-0.25, -0.2) is 0 Å². The van der Waals surface area contributed by atoms with E-state index < -0.39 is 0 Å². The fraction of sp³-hybridized carbons (Fsp3) is 1.00. The number of likely N-dealkylation sites (N-methyl/N-ethyl adjacent to an activating group) is 1. The molecule has 0 saturated carbocycles. The normalized spacial score (nSPS) is 41.7. The molecule has 2 heterocycles. The molecule has 2 saturated heterocycles. The molecule has 2 N–H and O–H groups in total. The van der Waals surface area contributed by atoms with E-state index in [9.17, 15) is 0 Å². The van der Waals surface area contributed by atoms with Gasteiger partial charge >= 0.3 is 0 Å². The van der Waals surface area contributed by atoms with E-state index in [4.69, 9.17) is 0 Å². The highest BCUT2D eigenvalue weighted by molar-refractivity contribution is 4.98. The second-order valence-corrected chi connectivity index (χ2v) is 3.31. The lowest BCUT2D eigenvalue weighted by atomic mass is 10.1. The molecule has 0 aromatic heterocycles. The first kappa shape index (κ1) is 6.58. The molecule has 0 aromatic rings. The molecule has 0 aromatic carbocycles. The van der Waals surface area contributed by atoms with Crippen molar-refractivity contribution in [1.29, 1.82) is 0 Å². The lowest BCUT2D eigenvalue weighted by Gasteiger charge is -2.30. The maximum atomic E-state index is 3.55. The molecule has 58 valence electrons. The van der Waals surface area contributed by atoms with Gasteiger partial charge < -0.3 is 5.32 Å². The number of nitrogens with one attached hydrogen (secondary N) is 2. The largest absolute Gasteiger partial charge is 0.313 e. The predicted molar refractivity (Wildman–Crippen MR) is 40.9 cm³/mol. The first-order chi connectivity index (χ1) is 4.83. The molecule has 1 unspecified atom stereocenters. The van der Waals surface area contributed by atoms with Crippen LogP contribution in [0.15, 0.2) is 0 Å². The van der Waals surface area contributed by atoms with Gasteiger partial charge in [0.1, 0.15) is 0 Å². The summed E-state index contributed by atoms with van der Waals surface area (Å²) in [5.41, 5.74) is 0.319. The Morgan fingerprint density at radius 3 is 2.80 bits per heavy atom. The van der Waals surface area contributed by atoms with Gasteiger partial charge in [0.05, 0.1) is 5.66 Å². The molecule has 3 heteroatoms. The van der Waals surface area contributed by atoms with Gasteiger partial charge in [-0.3, -0.25) is 10.2 Å². The lowest BCUT2D eigenvalue weighted by Crippen LogP contribution is -2.51. The molecule has 2 fully saturated rings. The minimum Gasteiger partial charge on any atom is -0.313 e. The van der Waals surface area contributed by atoms with Crippen LogP contribution < -0.4 is 10.6 Å². The van der Waals surface area contributed by atoms with E-state index in [0.717, 1.165) is 19.6 Å². The van der Waals surface area contributed by atoms with E-state index >= 15 is 0 Å². The Morgan fingerprint density at radius 2 is 2.30 bits per heavy atom. The minimum atomic E-state index is 0.319. The monoisotopic (exact) mass is 141 g/mol. The Kier molecular flexibility index (Phi) is 1.44. The van der Waals surface area contributed by atoms with Crippen LogP contribution in [0, 0.1) is 0 Å². The van der Waals surface area contributed by atoms with Crippen LogP contribution in [0.25, 0.3) is 0 Å². The predicted octanol–water partition coefficient (Wildman–Crippen LogP) is -0.789. The SMILES string of the molecule is CN1CCNC12CCNC2. The van der Waals surface area contributed by atoms with Gasteiger partial charge in [0.25, 0.3) is 0 Å². The molecule has 0 radical (unpaired) electrons. The Bertz CT molecular complexity index is 123. The second-order valence-electron chi connectivity index (χ2n) is 3.31. The quantitative estimate of drug-likeness (QED) is 0.463. The molecule has 2 aliphatic heterocycles. The summed E-state index contributed by atoms with van der Waals surface area (Å²) in [6.07, 6.45) is 1.25. The van der Waals surface area contributed by atoms with Crippen LogP contribution in [0.1, 0.15) is 6.42 Å². The number of hydrogen-bond acceptors (Lipinski definition) is 3. The van der Waals surface area contributed by atoms with Gasteiger partial charge in [-0.05, 0) is 20.0 Å². The fourth-order valence-corrected chi connectivity index (χ4v) is 1.96. The Hall–Kier alpha value is -0.120. The van der Waals surface area contributed by atoms with Crippen molar-refractivity contribution in [3.63, 3.8) is 0 Å². The highest BCUT2D eigenvalue weighted by Crippen LogP contribution is 2.21. The van der Waals surface area contributed by atoms with Crippen molar-refractivity contribution in [1.82, 2.24) is 15.5 Å². The van der Waals surface area contributed by atoms with Crippen molar-refractivity contribution in [2.75, 3.05) is 33.2 Å². The zero-order valence-electron chi connectivity index (χ0n) is 6.48. The summed E-state index contributed by atoms with van der Waals surface area (Å²) in [4.78, 5) is 2.42. The van der Waals surface area contributed by atoms with Crippen LogP contribution in [-0.2, 0) is 0 Å². The number of nitrogens with zero attached hydrogens (tertiary/aromatic N) is 1. The molecule has 0 aliphatic carbocycles. The van der Waals surface area contributed by atoms with Gasteiger partial charge in [0.15, 0.2) is 0 Å².